The third-order valence-corrected chi connectivity index (χ3v) is 5.41. The van der Waals surface area contributed by atoms with Crippen molar-refractivity contribution in [2.24, 2.45) is 0 Å². The summed E-state index contributed by atoms with van der Waals surface area (Å²) in [7, 11) is 0. The van der Waals surface area contributed by atoms with Crippen molar-refractivity contribution in [1.29, 1.82) is 0 Å². The molecule has 0 bridgehead atoms. The highest BCUT2D eigenvalue weighted by atomic mass is 32.1. The van der Waals surface area contributed by atoms with E-state index in [0.29, 0.717) is 16.8 Å². The Kier molecular flexibility index (Phi) is 5.59. The van der Waals surface area contributed by atoms with Crippen molar-refractivity contribution in [3.63, 3.8) is 0 Å². The van der Waals surface area contributed by atoms with Gasteiger partial charge in [0.25, 0.3) is 5.56 Å². The average molecular weight is 434 g/mol. The van der Waals surface area contributed by atoms with E-state index in [9.17, 15) is 19.2 Å². The third-order valence-electron chi connectivity index (χ3n) is 4.79. The topological polar surface area (TPSA) is 103 Å². The van der Waals surface area contributed by atoms with Gasteiger partial charge in [-0.1, -0.05) is 42.5 Å². The summed E-state index contributed by atoms with van der Waals surface area (Å²) in [5.74, 6) is -0.577. The number of hydrogen-bond donors (Lipinski definition) is 1. The van der Waals surface area contributed by atoms with Crippen molar-refractivity contribution < 1.29 is 9.59 Å². The predicted octanol–water partition coefficient (Wildman–Crippen LogP) is 2.51. The maximum absolute atomic E-state index is 13.1. The van der Waals surface area contributed by atoms with E-state index in [0.717, 1.165) is 21.7 Å². The summed E-state index contributed by atoms with van der Waals surface area (Å²) in [6, 6.07) is 15.7. The number of carbonyl (C=O) groups is 2. The van der Waals surface area contributed by atoms with Crippen LogP contribution in [0.25, 0.3) is 11.0 Å². The normalized spacial score (nSPS) is 10.9. The Bertz CT molecular complexity index is 1400. The highest BCUT2D eigenvalue weighted by molar-refractivity contribution is 7.04. The number of carbonyl (C=O) groups excluding carboxylic acids is 2. The second kappa shape index (κ2) is 8.49. The van der Waals surface area contributed by atoms with Crippen molar-refractivity contribution in [3.8, 4) is 0 Å². The molecule has 156 valence electrons. The van der Waals surface area contributed by atoms with Gasteiger partial charge in [-0.3, -0.25) is 23.5 Å². The number of nitrogens with one attached hydrogen (secondary N) is 1. The van der Waals surface area contributed by atoms with Crippen molar-refractivity contribution in [3.05, 3.63) is 91.9 Å². The van der Waals surface area contributed by atoms with Gasteiger partial charge in [-0.25, -0.2) is 4.79 Å². The fourth-order valence-corrected chi connectivity index (χ4v) is 3.92. The zero-order chi connectivity index (χ0) is 22.0. The zero-order valence-corrected chi connectivity index (χ0v) is 17.4. The van der Waals surface area contributed by atoms with Crippen LogP contribution in [0.15, 0.2) is 69.6 Å². The molecule has 0 spiro atoms. The Hall–Kier alpha value is -3.85. The molecular formula is C22H18N4O4S. The third kappa shape index (κ3) is 4.22. The van der Waals surface area contributed by atoms with E-state index >= 15 is 0 Å². The lowest BCUT2D eigenvalue weighted by Crippen LogP contribution is -2.41. The van der Waals surface area contributed by atoms with E-state index in [-0.39, 0.29) is 24.4 Å². The van der Waals surface area contributed by atoms with Crippen molar-refractivity contribution in [1.82, 2.24) is 13.5 Å². The minimum atomic E-state index is -0.589. The maximum atomic E-state index is 13.1. The molecule has 0 unspecified atom stereocenters. The van der Waals surface area contributed by atoms with Gasteiger partial charge in [0.1, 0.15) is 6.54 Å². The van der Waals surface area contributed by atoms with E-state index < -0.39 is 17.2 Å². The van der Waals surface area contributed by atoms with Crippen LogP contribution in [-0.4, -0.2) is 25.2 Å². The molecule has 8 nitrogen and oxygen atoms in total. The summed E-state index contributed by atoms with van der Waals surface area (Å²) in [6.07, 6.45) is 0. The first-order chi connectivity index (χ1) is 14.9. The van der Waals surface area contributed by atoms with Gasteiger partial charge in [-0.05, 0) is 36.2 Å². The van der Waals surface area contributed by atoms with Crippen molar-refractivity contribution >= 4 is 39.9 Å². The molecule has 0 saturated heterocycles. The lowest BCUT2D eigenvalue weighted by atomic mass is 10.1. The lowest BCUT2D eigenvalue weighted by molar-refractivity contribution is -0.116. The highest BCUT2D eigenvalue weighted by Gasteiger charge is 2.17. The first kappa shape index (κ1) is 20.4. The standard InChI is InChI=1S/C22H18N4O4S/c1-14(27)16-8-5-9-17(10-16)23-19(28)12-25-18-13-31-24-20(18)21(29)26(22(25)30)11-15-6-3-2-4-7-15/h2-10,13H,11-12H2,1H3,(H,23,28). The zero-order valence-electron chi connectivity index (χ0n) is 16.6. The second-order valence-electron chi connectivity index (χ2n) is 6.98. The molecular weight excluding hydrogens is 416 g/mol. The molecule has 2 aromatic carbocycles. The van der Waals surface area contributed by atoms with Crippen LogP contribution in [0.5, 0.6) is 0 Å². The van der Waals surface area contributed by atoms with Gasteiger partial charge in [0.2, 0.25) is 5.91 Å². The van der Waals surface area contributed by atoms with Gasteiger partial charge in [0.15, 0.2) is 11.3 Å². The molecule has 9 heteroatoms. The molecule has 1 amide bonds. The number of amides is 1. The molecule has 1 N–H and O–H groups in total. The first-order valence-electron chi connectivity index (χ1n) is 9.46. The van der Waals surface area contributed by atoms with Crippen molar-refractivity contribution in [2.45, 2.75) is 20.0 Å². The van der Waals surface area contributed by atoms with E-state index in [1.165, 1.54) is 11.5 Å². The van der Waals surface area contributed by atoms with Gasteiger partial charge < -0.3 is 5.32 Å². The lowest BCUT2D eigenvalue weighted by Gasteiger charge is -2.12. The van der Waals surface area contributed by atoms with Crippen LogP contribution in [0, 0.1) is 0 Å². The fourth-order valence-electron chi connectivity index (χ4n) is 3.25. The first-order valence-corrected chi connectivity index (χ1v) is 10.3. The fraction of sp³-hybridized carbons (Fsp3) is 0.136. The summed E-state index contributed by atoms with van der Waals surface area (Å²) >= 11 is 1.05. The summed E-state index contributed by atoms with van der Waals surface area (Å²) in [6.45, 7) is 1.22. The van der Waals surface area contributed by atoms with Gasteiger partial charge in [0, 0.05) is 16.6 Å². The number of anilines is 1. The Morgan fingerprint density at radius 1 is 1.03 bits per heavy atom. The average Bonchev–Trinajstić information content (AvgIpc) is 3.25. The van der Waals surface area contributed by atoms with Crippen molar-refractivity contribution in [2.75, 3.05) is 5.32 Å². The summed E-state index contributed by atoms with van der Waals surface area (Å²) in [4.78, 5) is 50.2. The van der Waals surface area contributed by atoms with Crippen LogP contribution in [0.3, 0.4) is 0 Å². The number of ketones is 1. The maximum Gasteiger partial charge on any atom is 0.332 e. The number of benzene rings is 2. The molecule has 0 aliphatic heterocycles. The van der Waals surface area contributed by atoms with E-state index in [1.54, 1.807) is 29.6 Å². The molecule has 0 fully saturated rings. The quantitative estimate of drug-likeness (QED) is 0.470. The minimum absolute atomic E-state index is 0.0776. The van der Waals surface area contributed by atoms with Crippen LogP contribution in [0.1, 0.15) is 22.8 Å². The molecule has 4 aromatic rings. The van der Waals surface area contributed by atoms with E-state index in [2.05, 4.69) is 9.69 Å². The Labute approximate surface area is 180 Å². The second-order valence-corrected chi connectivity index (χ2v) is 7.61. The van der Waals surface area contributed by atoms with Gasteiger partial charge in [0.05, 0.1) is 12.1 Å². The molecule has 31 heavy (non-hydrogen) atoms. The smallest absolute Gasteiger partial charge is 0.325 e. The van der Waals surface area contributed by atoms with Gasteiger partial charge in [-0.15, -0.1) is 0 Å². The van der Waals surface area contributed by atoms with Crippen LogP contribution in [-0.2, 0) is 17.9 Å². The highest BCUT2D eigenvalue weighted by Crippen LogP contribution is 2.13. The van der Waals surface area contributed by atoms with Crippen LogP contribution in [0.4, 0.5) is 5.69 Å². The molecule has 2 aromatic heterocycles. The largest absolute Gasteiger partial charge is 0.332 e. The number of nitrogens with zero attached hydrogens (tertiary/aromatic N) is 3. The van der Waals surface area contributed by atoms with E-state index in [4.69, 9.17) is 0 Å². The van der Waals surface area contributed by atoms with Gasteiger partial charge >= 0.3 is 5.69 Å². The predicted molar refractivity (Wildman–Crippen MR) is 119 cm³/mol. The monoisotopic (exact) mass is 434 g/mol. The summed E-state index contributed by atoms with van der Waals surface area (Å²) in [5, 5.41) is 4.28. The molecule has 0 radical (unpaired) electrons. The summed E-state index contributed by atoms with van der Waals surface area (Å²) in [5.41, 5.74) is 1.08. The number of fused-ring (bicyclic) bond motifs is 1. The van der Waals surface area contributed by atoms with Crippen LogP contribution in [0.2, 0.25) is 0 Å². The minimum Gasteiger partial charge on any atom is -0.325 e. The van der Waals surface area contributed by atoms with E-state index in [1.807, 2.05) is 30.3 Å². The van der Waals surface area contributed by atoms with Crippen LogP contribution < -0.4 is 16.6 Å². The number of aromatic nitrogens is 3. The summed E-state index contributed by atoms with van der Waals surface area (Å²) < 4.78 is 6.45. The molecule has 0 atom stereocenters. The molecule has 4 rings (SSSR count). The number of rotatable bonds is 6. The number of Topliss-reactive ketones (excluding diaryl/α,β-unsaturated/α-hetero) is 1. The Morgan fingerprint density at radius 2 is 1.81 bits per heavy atom. The Balaban J connectivity index is 1.69. The SMILES string of the molecule is CC(=O)c1cccc(NC(=O)Cn2c(=O)n(Cc3ccccc3)c(=O)c3nscc32)c1. The Morgan fingerprint density at radius 3 is 2.55 bits per heavy atom. The molecule has 0 aliphatic carbocycles. The van der Waals surface area contributed by atoms with Gasteiger partial charge in [-0.2, -0.15) is 4.37 Å². The van der Waals surface area contributed by atoms with Crippen LogP contribution >= 0.6 is 11.5 Å². The number of hydrogen-bond acceptors (Lipinski definition) is 6. The molecule has 0 aliphatic rings. The molecule has 2 heterocycles. The molecule has 0 saturated carbocycles.